The Hall–Kier alpha value is -0.890. The van der Waals surface area contributed by atoms with Gasteiger partial charge in [0.2, 0.25) is 0 Å². The molecular weight excluding hydrogens is 138 g/mol. The van der Waals surface area contributed by atoms with Gasteiger partial charge >= 0.3 is 0 Å². The number of hydrogen-bond donors (Lipinski definition) is 1. The summed E-state index contributed by atoms with van der Waals surface area (Å²) in [5.41, 5.74) is 1.13. The topological polar surface area (TPSA) is 33.1 Å². The van der Waals surface area contributed by atoms with Gasteiger partial charge in [0.25, 0.3) is 0 Å². The van der Waals surface area contributed by atoms with Crippen LogP contribution in [-0.4, -0.2) is 16.2 Å². The molecule has 2 nitrogen and oxygen atoms in total. The second-order valence-corrected chi connectivity index (χ2v) is 2.81. The molecule has 0 amide bonds. The Morgan fingerprint density at radius 3 is 2.27 bits per heavy atom. The summed E-state index contributed by atoms with van der Waals surface area (Å²) in [5, 5.41) is 9.25. The van der Waals surface area contributed by atoms with Gasteiger partial charge in [-0.15, -0.1) is 0 Å². The van der Waals surface area contributed by atoms with Crippen LogP contribution in [0.25, 0.3) is 0 Å². The van der Waals surface area contributed by atoms with Crippen molar-refractivity contribution in [1.29, 1.82) is 0 Å². The van der Waals surface area contributed by atoms with Gasteiger partial charge in [0.15, 0.2) is 0 Å². The van der Waals surface area contributed by atoms with Crippen LogP contribution in [0.1, 0.15) is 25.3 Å². The van der Waals surface area contributed by atoms with Crippen molar-refractivity contribution in [3.8, 4) is 0 Å². The third kappa shape index (κ3) is 2.02. The predicted octanol–water partition coefficient (Wildman–Crippen LogP) is 1.57. The van der Waals surface area contributed by atoms with Crippen molar-refractivity contribution in [2.24, 2.45) is 0 Å². The van der Waals surface area contributed by atoms with Gasteiger partial charge in [-0.1, -0.05) is 6.92 Å². The van der Waals surface area contributed by atoms with Crippen LogP contribution in [0.5, 0.6) is 0 Å². The average molecular weight is 151 g/mol. The fourth-order valence-corrected chi connectivity index (χ4v) is 0.946. The molecule has 1 N–H and O–H groups in total. The number of rotatable bonds is 2. The quantitative estimate of drug-likeness (QED) is 0.696. The normalized spacial score (nSPS) is 15.9. The Balaban J connectivity index is 2.77. The van der Waals surface area contributed by atoms with Gasteiger partial charge in [-0.05, 0) is 24.6 Å². The van der Waals surface area contributed by atoms with Gasteiger partial charge in [-0.25, -0.2) is 0 Å². The van der Waals surface area contributed by atoms with E-state index >= 15 is 0 Å². The molecule has 0 aliphatic rings. The fourth-order valence-electron chi connectivity index (χ4n) is 0.946. The number of pyridine rings is 1. The van der Waals surface area contributed by atoms with Gasteiger partial charge < -0.3 is 5.11 Å². The molecule has 1 aromatic heterocycles. The highest BCUT2D eigenvalue weighted by Crippen LogP contribution is 2.17. The third-order valence-corrected chi connectivity index (χ3v) is 1.96. The fraction of sp³-hybridized carbons (Fsp3) is 0.444. The Bertz CT molecular complexity index is 208. The van der Waals surface area contributed by atoms with Crippen LogP contribution in [-0.2, 0) is 0 Å². The highest BCUT2D eigenvalue weighted by Gasteiger charge is 2.09. The van der Waals surface area contributed by atoms with E-state index in [2.05, 4.69) is 4.98 Å². The smallest absolute Gasteiger partial charge is 0.0577 e. The number of aliphatic hydroxyl groups is 1. The summed E-state index contributed by atoms with van der Waals surface area (Å²) < 4.78 is 0. The van der Waals surface area contributed by atoms with Crippen LogP contribution in [0, 0.1) is 0 Å². The van der Waals surface area contributed by atoms with Crippen molar-refractivity contribution in [2.45, 2.75) is 25.9 Å². The third-order valence-electron chi connectivity index (χ3n) is 1.96. The molecule has 0 aromatic carbocycles. The maximum Gasteiger partial charge on any atom is 0.0577 e. The molecule has 0 fully saturated rings. The molecule has 2 heteroatoms. The molecule has 1 aromatic rings. The van der Waals surface area contributed by atoms with E-state index in [0.29, 0.717) is 0 Å². The van der Waals surface area contributed by atoms with Crippen LogP contribution in [0.3, 0.4) is 0 Å². The first-order chi connectivity index (χ1) is 5.22. The number of hydrogen-bond acceptors (Lipinski definition) is 2. The summed E-state index contributed by atoms with van der Waals surface area (Å²) in [7, 11) is 0. The zero-order chi connectivity index (χ0) is 8.27. The second-order valence-electron chi connectivity index (χ2n) is 2.81. The van der Waals surface area contributed by atoms with Crippen molar-refractivity contribution in [1.82, 2.24) is 4.98 Å². The summed E-state index contributed by atoms with van der Waals surface area (Å²) in [6.45, 7) is 3.80. The van der Waals surface area contributed by atoms with E-state index in [4.69, 9.17) is 0 Å². The van der Waals surface area contributed by atoms with E-state index in [9.17, 15) is 5.11 Å². The van der Waals surface area contributed by atoms with Gasteiger partial charge in [-0.2, -0.15) is 0 Å². The van der Waals surface area contributed by atoms with E-state index in [0.717, 1.165) is 5.56 Å². The van der Waals surface area contributed by atoms with Crippen molar-refractivity contribution in [3.63, 3.8) is 0 Å². The zero-order valence-corrected chi connectivity index (χ0v) is 6.86. The Morgan fingerprint density at radius 2 is 1.82 bits per heavy atom. The van der Waals surface area contributed by atoms with Crippen LogP contribution < -0.4 is 0 Å². The lowest BCUT2D eigenvalue weighted by Gasteiger charge is -2.13. The van der Waals surface area contributed by atoms with E-state index < -0.39 is 0 Å². The summed E-state index contributed by atoms with van der Waals surface area (Å²) in [5.74, 6) is 0.193. The van der Waals surface area contributed by atoms with Crippen LogP contribution >= 0.6 is 0 Å². The maximum atomic E-state index is 9.25. The van der Waals surface area contributed by atoms with Crippen molar-refractivity contribution >= 4 is 0 Å². The van der Waals surface area contributed by atoms with E-state index in [-0.39, 0.29) is 12.0 Å². The highest BCUT2D eigenvalue weighted by atomic mass is 16.3. The first kappa shape index (κ1) is 8.21. The number of aliphatic hydroxyl groups excluding tert-OH is 1. The van der Waals surface area contributed by atoms with Gasteiger partial charge in [-0.3, -0.25) is 4.98 Å². The summed E-state index contributed by atoms with van der Waals surface area (Å²) >= 11 is 0. The van der Waals surface area contributed by atoms with Crippen LogP contribution in [0.2, 0.25) is 0 Å². The maximum absolute atomic E-state index is 9.25. The molecule has 1 heterocycles. The Morgan fingerprint density at radius 1 is 1.27 bits per heavy atom. The summed E-state index contributed by atoms with van der Waals surface area (Å²) in [6.07, 6.45) is 3.19. The summed E-state index contributed by atoms with van der Waals surface area (Å²) in [6, 6.07) is 3.86. The highest BCUT2D eigenvalue weighted by molar-refractivity contribution is 5.15. The molecular formula is C9H13NO. The number of aromatic nitrogens is 1. The van der Waals surface area contributed by atoms with Gasteiger partial charge in [0, 0.05) is 18.3 Å². The molecule has 60 valence electrons. The van der Waals surface area contributed by atoms with Crippen molar-refractivity contribution in [2.75, 3.05) is 0 Å². The lowest BCUT2D eigenvalue weighted by atomic mass is 9.98. The minimum Gasteiger partial charge on any atom is -0.393 e. The lowest BCUT2D eigenvalue weighted by molar-refractivity contribution is 0.169. The van der Waals surface area contributed by atoms with Crippen molar-refractivity contribution in [3.05, 3.63) is 30.1 Å². The molecule has 0 radical (unpaired) electrons. The summed E-state index contributed by atoms with van der Waals surface area (Å²) in [4.78, 5) is 3.91. The first-order valence-electron chi connectivity index (χ1n) is 3.80. The molecule has 0 spiro atoms. The van der Waals surface area contributed by atoms with E-state index in [1.54, 1.807) is 19.3 Å². The Kier molecular flexibility index (Phi) is 2.60. The number of nitrogens with zero attached hydrogens (tertiary/aromatic N) is 1. The van der Waals surface area contributed by atoms with Crippen LogP contribution in [0.15, 0.2) is 24.5 Å². The molecule has 11 heavy (non-hydrogen) atoms. The monoisotopic (exact) mass is 151 g/mol. The van der Waals surface area contributed by atoms with Crippen LogP contribution in [0.4, 0.5) is 0 Å². The molecule has 0 aliphatic heterocycles. The van der Waals surface area contributed by atoms with Gasteiger partial charge in [0.05, 0.1) is 6.10 Å². The largest absolute Gasteiger partial charge is 0.393 e. The molecule has 0 bridgehead atoms. The molecule has 2 atom stereocenters. The minimum atomic E-state index is -0.294. The molecule has 0 saturated carbocycles. The van der Waals surface area contributed by atoms with E-state index in [1.165, 1.54) is 0 Å². The first-order valence-corrected chi connectivity index (χ1v) is 3.80. The van der Waals surface area contributed by atoms with Crippen molar-refractivity contribution < 1.29 is 5.11 Å². The average Bonchev–Trinajstić information content (AvgIpc) is 2.05. The standard InChI is InChI=1S/C9H13NO/c1-7(8(2)11)9-3-5-10-6-4-9/h3-8,11H,1-2H3. The zero-order valence-electron chi connectivity index (χ0n) is 6.86. The molecule has 0 aliphatic carbocycles. The SMILES string of the molecule is CC(O)C(C)c1ccncc1. The second kappa shape index (κ2) is 3.49. The predicted molar refractivity (Wildman–Crippen MR) is 44.3 cm³/mol. The minimum absolute atomic E-state index is 0.193. The lowest BCUT2D eigenvalue weighted by Crippen LogP contribution is -2.10. The molecule has 2 unspecified atom stereocenters. The molecule has 1 rings (SSSR count). The van der Waals surface area contributed by atoms with Gasteiger partial charge in [0.1, 0.15) is 0 Å². The Labute approximate surface area is 66.9 Å². The molecule has 0 saturated heterocycles. The van der Waals surface area contributed by atoms with E-state index in [1.807, 2.05) is 19.1 Å².